The van der Waals surface area contributed by atoms with Crippen molar-refractivity contribution in [2.45, 2.75) is 12.3 Å². The van der Waals surface area contributed by atoms with E-state index in [2.05, 4.69) is 28.6 Å². The monoisotopic (exact) mass is 414 g/mol. The smallest absolute Gasteiger partial charge is 0.199 e. The maximum Gasteiger partial charge on any atom is 0.199 e. The zero-order chi connectivity index (χ0) is 20.8. The number of para-hydroxylation sites is 2. The van der Waals surface area contributed by atoms with E-state index in [9.17, 15) is 0 Å². The molecule has 0 aliphatic carbocycles. The first-order valence-electron chi connectivity index (χ1n) is 10.4. The summed E-state index contributed by atoms with van der Waals surface area (Å²) in [6.07, 6.45) is 1.89. The van der Waals surface area contributed by atoms with E-state index in [0.717, 1.165) is 45.4 Å². The predicted molar refractivity (Wildman–Crippen MR) is 116 cm³/mol. The Morgan fingerprint density at radius 3 is 2.52 bits per heavy atom. The Bertz CT molecular complexity index is 1180. The van der Waals surface area contributed by atoms with E-state index in [1.54, 1.807) is 7.11 Å². The SMILES string of the molecule is COc1ccccc1[C@H]1Oc2ccccc2[C@@H]2C=C(c3ccc4c(c3)OCCO4)NN12. The van der Waals surface area contributed by atoms with Gasteiger partial charge in [0.25, 0.3) is 0 Å². The molecular weight excluding hydrogens is 392 g/mol. The van der Waals surface area contributed by atoms with Crippen LogP contribution in [0.15, 0.2) is 72.8 Å². The van der Waals surface area contributed by atoms with Crippen LogP contribution >= 0.6 is 0 Å². The first-order valence-corrected chi connectivity index (χ1v) is 10.4. The number of ether oxygens (including phenoxy) is 4. The van der Waals surface area contributed by atoms with E-state index in [1.807, 2.05) is 54.6 Å². The molecule has 0 saturated heterocycles. The lowest BCUT2D eigenvalue weighted by molar-refractivity contribution is -0.0338. The molecule has 0 fully saturated rings. The van der Waals surface area contributed by atoms with Gasteiger partial charge in [-0.25, -0.2) is 0 Å². The first kappa shape index (κ1) is 18.2. The summed E-state index contributed by atoms with van der Waals surface area (Å²) in [7, 11) is 1.68. The van der Waals surface area contributed by atoms with E-state index in [-0.39, 0.29) is 12.3 Å². The standard InChI is InChI=1S/C25H22N2O4/c1-28-21-8-4-3-7-18(21)25-27-20(17-6-2-5-9-22(17)31-25)15-19(26-27)16-10-11-23-24(14-16)30-13-12-29-23/h2-11,14-15,20,25-26H,12-13H2,1H3/t20-,25+/m0/s1. The maximum atomic E-state index is 6.45. The second-order valence-electron chi connectivity index (χ2n) is 7.65. The second kappa shape index (κ2) is 7.25. The highest BCUT2D eigenvalue weighted by Crippen LogP contribution is 2.47. The Labute approximate surface area is 180 Å². The molecule has 3 aliphatic rings. The van der Waals surface area contributed by atoms with Gasteiger partial charge in [0.05, 0.1) is 24.4 Å². The molecule has 0 aromatic heterocycles. The van der Waals surface area contributed by atoms with Gasteiger partial charge in [0.15, 0.2) is 17.7 Å². The van der Waals surface area contributed by atoms with Crippen LogP contribution in [0.5, 0.6) is 23.0 Å². The van der Waals surface area contributed by atoms with Crippen LogP contribution in [-0.2, 0) is 0 Å². The van der Waals surface area contributed by atoms with Gasteiger partial charge in [-0.1, -0.05) is 36.4 Å². The van der Waals surface area contributed by atoms with Crippen LogP contribution in [0, 0.1) is 0 Å². The summed E-state index contributed by atoms with van der Waals surface area (Å²) in [6.45, 7) is 1.15. The van der Waals surface area contributed by atoms with Crippen molar-refractivity contribution in [3.8, 4) is 23.0 Å². The minimum atomic E-state index is -0.345. The molecule has 3 heterocycles. The third-order valence-electron chi connectivity index (χ3n) is 5.86. The van der Waals surface area contributed by atoms with Gasteiger partial charge >= 0.3 is 0 Å². The van der Waals surface area contributed by atoms with Gasteiger partial charge in [0.1, 0.15) is 24.7 Å². The molecule has 0 spiro atoms. The topological polar surface area (TPSA) is 52.2 Å². The highest BCUT2D eigenvalue weighted by atomic mass is 16.6. The summed E-state index contributed by atoms with van der Waals surface area (Å²) in [4.78, 5) is 0. The molecule has 31 heavy (non-hydrogen) atoms. The number of rotatable bonds is 3. The van der Waals surface area contributed by atoms with Crippen molar-refractivity contribution < 1.29 is 18.9 Å². The van der Waals surface area contributed by atoms with Gasteiger partial charge in [-0.2, -0.15) is 5.01 Å². The summed E-state index contributed by atoms with van der Waals surface area (Å²) in [5.74, 6) is 3.22. The number of nitrogens with one attached hydrogen (secondary N) is 1. The van der Waals surface area contributed by atoms with Gasteiger partial charge < -0.3 is 24.4 Å². The summed E-state index contributed by atoms with van der Waals surface area (Å²) in [6, 6.07) is 22.2. The van der Waals surface area contributed by atoms with Crippen LogP contribution in [0.1, 0.15) is 29.0 Å². The van der Waals surface area contributed by atoms with Crippen LogP contribution in [0.2, 0.25) is 0 Å². The molecule has 0 bridgehead atoms. The molecule has 3 aromatic carbocycles. The summed E-state index contributed by atoms with van der Waals surface area (Å²) < 4.78 is 23.5. The maximum absolute atomic E-state index is 6.45. The Morgan fingerprint density at radius 1 is 0.871 bits per heavy atom. The molecular formula is C25H22N2O4. The van der Waals surface area contributed by atoms with Crippen molar-refractivity contribution in [3.05, 3.63) is 89.5 Å². The molecule has 3 aromatic rings. The Balaban J connectivity index is 1.42. The largest absolute Gasteiger partial charge is 0.496 e. The lowest BCUT2D eigenvalue weighted by Gasteiger charge is -2.39. The van der Waals surface area contributed by atoms with Crippen LogP contribution in [-0.4, -0.2) is 25.3 Å². The lowest BCUT2D eigenvalue weighted by Crippen LogP contribution is -2.43. The van der Waals surface area contributed by atoms with E-state index >= 15 is 0 Å². The van der Waals surface area contributed by atoms with Crippen LogP contribution in [0.25, 0.3) is 5.70 Å². The molecule has 3 aliphatic heterocycles. The highest BCUT2D eigenvalue weighted by molar-refractivity contribution is 5.70. The molecule has 6 heteroatoms. The summed E-state index contributed by atoms with van der Waals surface area (Å²) in [5.41, 5.74) is 7.70. The third kappa shape index (κ3) is 2.99. The van der Waals surface area contributed by atoms with Gasteiger partial charge in [-0.05, 0) is 36.4 Å². The number of hydrogen-bond donors (Lipinski definition) is 1. The van der Waals surface area contributed by atoms with Crippen LogP contribution in [0.3, 0.4) is 0 Å². The molecule has 0 saturated carbocycles. The normalized spacial score (nSPS) is 21.3. The highest BCUT2D eigenvalue weighted by Gasteiger charge is 2.41. The number of fused-ring (bicyclic) bond motifs is 4. The third-order valence-corrected chi connectivity index (χ3v) is 5.86. The molecule has 2 atom stereocenters. The summed E-state index contributed by atoms with van der Waals surface area (Å²) in [5, 5.41) is 2.13. The Morgan fingerprint density at radius 2 is 1.65 bits per heavy atom. The number of hydrazine groups is 1. The molecule has 0 radical (unpaired) electrons. The predicted octanol–water partition coefficient (Wildman–Crippen LogP) is 4.46. The minimum absolute atomic E-state index is 0.0167. The van der Waals surface area contributed by atoms with Crippen molar-refractivity contribution in [2.75, 3.05) is 20.3 Å². The fraction of sp³-hybridized carbons (Fsp3) is 0.200. The zero-order valence-electron chi connectivity index (χ0n) is 17.1. The zero-order valence-corrected chi connectivity index (χ0v) is 17.1. The van der Waals surface area contributed by atoms with E-state index in [1.165, 1.54) is 0 Å². The molecule has 6 rings (SSSR count). The van der Waals surface area contributed by atoms with Crippen molar-refractivity contribution in [1.29, 1.82) is 0 Å². The van der Waals surface area contributed by atoms with Crippen molar-refractivity contribution in [2.24, 2.45) is 0 Å². The van der Waals surface area contributed by atoms with Crippen LogP contribution < -0.4 is 24.4 Å². The number of methoxy groups -OCH3 is 1. The summed E-state index contributed by atoms with van der Waals surface area (Å²) >= 11 is 0. The van der Waals surface area contributed by atoms with E-state index in [4.69, 9.17) is 18.9 Å². The number of benzene rings is 3. The Hall–Kier alpha value is -3.64. The van der Waals surface area contributed by atoms with Crippen molar-refractivity contribution in [1.82, 2.24) is 10.4 Å². The number of hydrogen-bond acceptors (Lipinski definition) is 6. The molecule has 0 unspecified atom stereocenters. The molecule has 0 amide bonds. The van der Waals surface area contributed by atoms with Gasteiger partial charge in [0, 0.05) is 11.1 Å². The Kier molecular flexibility index (Phi) is 4.25. The average molecular weight is 414 g/mol. The molecule has 6 nitrogen and oxygen atoms in total. The second-order valence-corrected chi connectivity index (χ2v) is 7.65. The quantitative estimate of drug-likeness (QED) is 0.683. The lowest BCUT2D eigenvalue weighted by atomic mass is 10.0. The van der Waals surface area contributed by atoms with Gasteiger partial charge in [0.2, 0.25) is 0 Å². The fourth-order valence-electron chi connectivity index (χ4n) is 4.39. The van der Waals surface area contributed by atoms with Crippen LogP contribution in [0.4, 0.5) is 0 Å². The van der Waals surface area contributed by atoms with E-state index < -0.39 is 0 Å². The minimum Gasteiger partial charge on any atom is -0.496 e. The first-order chi connectivity index (χ1) is 15.3. The average Bonchev–Trinajstić information content (AvgIpc) is 3.29. The van der Waals surface area contributed by atoms with E-state index in [0.29, 0.717) is 13.2 Å². The van der Waals surface area contributed by atoms with Gasteiger partial charge in [-0.3, -0.25) is 0 Å². The van der Waals surface area contributed by atoms with Crippen molar-refractivity contribution in [3.63, 3.8) is 0 Å². The number of nitrogens with zero attached hydrogens (tertiary/aromatic N) is 1. The van der Waals surface area contributed by atoms with Gasteiger partial charge in [-0.15, -0.1) is 0 Å². The van der Waals surface area contributed by atoms with Crippen molar-refractivity contribution >= 4 is 5.70 Å². The molecule has 156 valence electrons. The molecule has 1 N–H and O–H groups in total. The fourth-order valence-corrected chi connectivity index (χ4v) is 4.39.